The van der Waals surface area contributed by atoms with Gasteiger partial charge in [-0.1, -0.05) is 61.2 Å². The Kier molecular flexibility index (Phi) is 5.32. The molecule has 3 N–H and O–H groups in total. The fourth-order valence-electron chi connectivity index (χ4n) is 1.38. The van der Waals surface area contributed by atoms with Gasteiger partial charge in [0.05, 0.1) is 0 Å². The first-order chi connectivity index (χ1) is 8.69. The normalized spacial score (nSPS) is 12.7. The summed E-state index contributed by atoms with van der Waals surface area (Å²) in [6.45, 7) is 5.50. The van der Waals surface area contributed by atoms with E-state index in [2.05, 4.69) is 11.6 Å². The molecule has 0 fully saturated rings. The number of nitrogens with zero attached hydrogens (tertiary/aromatic N) is 1. The van der Waals surface area contributed by atoms with Gasteiger partial charge in [-0.25, -0.2) is 4.99 Å². The number of nitrogens with one attached hydrogen (secondary N) is 1. The van der Waals surface area contributed by atoms with Crippen molar-refractivity contribution in [3.63, 3.8) is 0 Å². The number of amidine groups is 2. The van der Waals surface area contributed by atoms with Gasteiger partial charge >= 0.3 is 0 Å². The second-order valence-electron chi connectivity index (χ2n) is 3.57. The largest absolute Gasteiger partial charge is 0.383 e. The van der Waals surface area contributed by atoms with Crippen LogP contribution in [0, 0.1) is 5.41 Å². The molecule has 18 heavy (non-hydrogen) atoms. The first-order valence-electron chi connectivity index (χ1n) is 5.63. The summed E-state index contributed by atoms with van der Waals surface area (Å²) in [4.78, 5) is 4.10. The molecule has 3 nitrogen and oxygen atoms in total. The van der Waals surface area contributed by atoms with Crippen LogP contribution in [0.5, 0.6) is 0 Å². The second-order valence-corrected chi connectivity index (χ2v) is 3.57. The Morgan fingerprint density at radius 1 is 1.33 bits per heavy atom. The molecule has 0 saturated heterocycles. The predicted octanol–water partition coefficient (Wildman–Crippen LogP) is 3.06. The summed E-state index contributed by atoms with van der Waals surface area (Å²) in [6.07, 6.45) is 6.99. The minimum atomic E-state index is 0.120. The van der Waals surface area contributed by atoms with Crippen molar-refractivity contribution in [2.75, 3.05) is 0 Å². The topological polar surface area (TPSA) is 62.2 Å². The zero-order valence-electron chi connectivity index (χ0n) is 10.4. The average molecular weight is 239 g/mol. The van der Waals surface area contributed by atoms with E-state index >= 15 is 0 Å². The SMILES string of the molecule is C=CC=C(/C=C\C)C(=N)N=C(N)c1ccccc1. The van der Waals surface area contributed by atoms with Gasteiger partial charge in [0.1, 0.15) is 5.84 Å². The Bertz CT molecular complexity index is 508. The third-order valence-electron chi connectivity index (χ3n) is 2.22. The van der Waals surface area contributed by atoms with Crippen LogP contribution < -0.4 is 5.73 Å². The summed E-state index contributed by atoms with van der Waals surface area (Å²) in [5, 5.41) is 7.90. The van der Waals surface area contributed by atoms with E-state index in [-0.39, 0.29) is 5.84 Å². The fourth-order valence-corrected chi connectivity index (χ4v) is 1.38. The highest BCUT2D eigenvalue weighted by Crippen LogP contribution is 2.04. The lowest BCUT2D eigenvalue weighted by Crippen LogP contribution is -2.15. The van der Waals surface area contributed by atoms with E-state index in [1.54, 1.807) is 18.2 Å². The molecule has 0 aliphatic rings. The minimum absolute atomic E-state index is 0.120. The van der Waals surface area contributed by atoms with Crippen LogP contribution in [0.2, 0.25) is 0 Å². The van der Waals surface area contributed by atoms with E-state index in [9.17, 15) is 0 Å². The molecule has 0 radical (unpaired) electrons. The highest BCUT2D eigenvalue weighted by atomic mass is 14.9. The van der Waals surface area contributed by atoms with Crippen molar-refractivity contribution in [1.29, 1.82) is 5.41 Å². The summed E-state index contributed by atoms with van der Waals surface area (Å²) in [5.41, 5.74) is 7.34. The highest BCUT2D eigenvalue weighted by Gasteiger charge is 2.02. The molecule has 0 unspecified atom stereocenters. The molecule has 0 aromatic heterocycles. The van der Waals surface area contributed by atoms with Crippen molar-refractivity contribution in [2.45, 2.75) is 6.92 Å². The summed E-state index contributed by atoms with van der Waals surface area (Å²) < 4.78 is 0. The molecule has 0 aliphatic carbocycles. The molecule has 3 heteroatoms. The van der Waals surface area contributed by atoms with Gasteiger partial charge in [-0.15, -0.1) is 0 Å². The Balaban J connectivity index is 2.98. The van der Waals surface area contributed by atoms with Crippen molar-refractivity contribution < 1.29 is 0 Å². The van der Waals surface area contributed by atoms with Crippen molar-refractivity contribution in [2.24, 2.45) is 10.7 Å². The summed E-state index contributed by atoms with van der Waals surface area (Å²) in [7, 11) is 0. The van der Waals surface area contributed by atoms with Gasteiger partial charge in [0.2, 0.25) is 0 Å². The van der Waals surface area contributed by atoms with Crippen molar-refractivity contribution in [3.8, 4) is 0 Å². The van der Waals surface area contributed by atoms with Gasteiger partial charge in [-0.3, -0.25) is 5.41 Å². The predicted molar refractivity (Wildman–Crippen MR) is 78.0 cm³/mol. The Labute approximate surface area is 108 Å². The van der Waals surface area contributed by atoms with E-state index in [0.29, 0.717) is 11.4 Å². The van der Waals surface area contributed by atoms with Gasteiger partial charge in [-0.05, 0) is 6.92 Å². The smallest absolute Gasteiger partial charge is 0.154 e. The maximum atomic E-state index is 7.90. The molecule has 0 saturated carbocycles. The van der Waals surface area contributed by atoms with Crippen LogP contribution in [0.3, 0.4) is 0 Å². The van der Waals surface area contributed by atoms with E-state index in [4.69, 9.17) is 11.1 Å². The summed E-state index contributed by atoms with van der Waals surface area (Å²) in [5.74, 6) is 0.453. The fraction of sp³-hybridized carbons (Fsp3) is 0.0667. The van der Waals surface area contributed by atoms with Gasteiger partial charge < -0.3 is 5.73 Å². The zero-order chi connectivity index (χ0) is 13.4. The number of hydrogen-bond donors (Lipinski definition) is 2. The van der Waals surface area contributed by atoms with Crippen molar-refractivity contribution in [1.82, 2.24) is 0 Å². The lowest BCUT2D eigenvalue weighted by molar-refractivity contribution is 1.40. The van der Waals surface area contributed by atoms with Gasteiger partial charge in [-0.2, -0.15) is 0 Å². The number of nitrogens with two attached hydrogens (primary N) is 1. The molecule has 1 rings (SSSR count). The molecule has 0 spiro atoms. The maximum absolute atomic E-state index is 7.90. The quantitative estimate of drug-likeness (QED) is 0.473. The number of hydrogen-bond acceptors (Lipinski definition) is 1. The number of allylic oxidation sites excluding steroid dienone is 3. The Morgan fingerprint density at radius 2 is 2.00 bits per heavy atom. The van der Waals surface area contributed by atoms with E-state index in [0.717, 1.165) is 5.56 Å². The number of rotatable bonds is 4. The lowest BCUT2D eigenvalue weighted by atomic mass is 10.2. The third kappa shape index (κ3) is 3.87. The van der Waals surface area contributed by atoms with Crippen molar-refractivity contribution >= 4 is 11.7 Å². The highest BCUT2D eigenvalue weighted by molar-refractivity contribution is 6.10. The molecule has 0 amide bonds. The maximum Gasteiger partial charge on any atom is 0.154 e. The van der Waals surface area contributed by atoms with Crippen LogP contribution >= 0.6 is 0 Å². The molecule has 0 atom stereocenters. The minimum Gasteiger partial charge on any atom is -0.383 e. The van der Waals surface area contributed by atoms with Crippen LogP contribution in [-0.2, 0) is 0 Å². The molecular formula is C15H17N3. The molecule has 0 bridgehead atoms. The average Bonchev–Trinajstić information content (AvgIpc) is 2.39. The Morgan fingerprint density at radius 3 is 2.56 bits per heavy atom. The molecular weight excluding hydrogens is 222 g/mol. The van der Waals surface area contributed by atoms with Crippen molar-refractivity contribution in [3.05, 3.63) is 72.4 Å². The first-order valence-corrected chi connectivity index (χ1v) is 5.63. The molecule has 0 aliphatic heterocycles. The first kappa shape index (κ1) is 13.6. The van der Waals surface area contributed by atoms with Crippen LogP contribution in [0.25, 0.3) is 0 Å². The number of aliphatic imine (C=N–C) groups is 1. The van der Waals surface area contributed by atoms with E-state index in [1.807, 2.05) is 43.3 Å². The molecule has 0 heterocycles. The summed E-state index contributed by atoms with van der Waals surface area (Å²) >= 11 is 0. The summed E-state index contributed by atoms with van der Waals surface area (Å²) in [6, 6.07) is 9.39. The zero-order valence-corrected chi connectivity index (χ0v) is 10.4. The number of benzene rings is 1. The monoisotopic (exact) mass is 239 g/mol. The molecule has 1 aromatic rings. The van der Waals surface area contributed by atoms with Crippen LogP contribution in [0.15, 0.2) is 71.8 Å². The van der Waals surface area contributed by atoms with Gasteiger partial charge in [0.15, 0.2) is 5.84 Å². The van der Waals surface area contributed by atoms with E-state index < -0.39 is 0 Å². The second kappa shape index (κ2) is 7.01. The molecule has 92 valence electrons. The lowest BCUT2D eigenvalue weighted by Gasteiger charge is -2.02. The molecule has 1 aromatic carbocycles. The Hall–Kier alpha value is -2.42. The standard InChI is InChI=1S/C15H17N3/c1-3-8-12(9-4-2)14(16)18-15(17)13-10-6-5-7-11-13/h3-11H,1H2,2H3,(H3,16,17,18)/b9-4-,12-8?. The van der Waals surface area contributed by atoms with Crippen LogP contribution in [0.4, 0.5) is 0 Å². The van der Waals surface area contributed by atoms with Crippen LogP contribution in [-0.4, -0.2) is 11.7 Å². The van der Waals surface area contributed by atoms with Gasteiger partial charge in [0.25, 0.3) is 0 Å². The third-order valence-corrected chi connectivity index (χ3v) is 2.22. The van der Waals surface area contributed by atoms with E-state index in [1.165, 1.54) is 0 Å². The van der Waals surface area contributed by atoms with Crippen LogP contribution in [0.1, 0.15) is 12.5 Å². The van der Waals surface area contributed by atoms with Gasteiger partial charge in [0, 0.05) is 11.1 Å².